The van der Waals surface area contributed by atoms with E-state index in [1.165, 1.54) is 0 Å². The number of hydrogen-bond donors (Lipinski definition) is 2. The molecule has 1 aliphatic rings. The predicted molar refractivity (Wildman–Crippen MR) is 56.8 cm³/mol. The molecule has 0 aliphatic carbocycles. The Morgan fingerprint density at radius 1 is 1.33 bits per heavy atom. The number of carbonyl (C=O) groups excluding carboxylic acids is 1. The second-order valence-electron chi connectivity index (χ2n) is 4.32. The van der Waals surface area contributed by atoms with Gasteiger partial charge in [0.05, 0.1) is 18.2 Å². The van der Waals surface area contributed by atoms with Gasteiger partial charge < -0.3 is 15.1 Å². The zero-order valence-electron chi connectivity index (χ0n) is 9.44. The molecule has 0 spiro atoms. The second-order valence-corrected chi connectivity index (χ2v) is 4.32. The average Bonchev–Trinajstić information content (AvgIpc) is 2.48. The van der Waals surface area contributed by atoms with Gasteiger partial charge in [-0.15, -0.1) is 0 Å². The van der Waals surface area contributed by atoms with Crippen molar-refractivity contribution in [1.29, 1.82) is 0 Å². The lowest BCUT2D eigenvalue weighted by Gasteiger charge is -2.28. The predicted octanol–water partition coefficient (Wildman–Crippen LogP) is 0.683. The normalized spacial score (nSPS) is 21.1. The first-order valence-corrected chi connectivity index (χ1v) is 5.52. The summed E-state index contributed by atoms with van der Waals surface area (Å²) in [5, 5.41) is 18.7. The van der Waals surface area contributed by atoms with E-state index in [9.17, 15) is 15.0 Å². The first kappa shape index (κ1) is 12.5. The van der Waals surface area contributed by atoms with Crippen LogP contribution in [-0.4, -0.2) is 39.8 Å². The molecule has 0 saturated carbocycles. The molecule has 2 N–H and O–H groups in total. The fourth-order valence-corrected chi connectivity index (χ4v) is 1.97. The second kappa shape index (κ2) is 5.47. The SMILES string of the molecule is CC(O)C[C](CC(C)O)N1CCCC1=O. The third-order valence-corrected chi connectivity index (χ3v) is 2.52. The van der Waals surface area contributed by atoms with Crippen LogP contribution in [0.3, 0.4) is 0 Å². The number of aliphatic hydroxyl groups excluding tert-OH is 2. The molecular formula is C11H20NO3. The van der Waals surface area contributed by atoms with Crippen molar-refractivity contribution in [3.05, 3.63) is 6.04 Å². The van der Waals surface area contributed by atoms with E-state index in [2.05, 4.69) is 0 Å². The molecule has 0 aromatic carbocycles. The Morgan fingerprint density at radius 3 is 2.20 bits per heavy atom. The van der Waals surface area contributed by atoms with Crippen molar-refractivity contribution in [3.63, 3.8) is 0 Å². The maximum Gasteiger partial charge on any atom is 0.223 e. The van der Waals surface area contributed by atoms with Gasteiger partial charge in [0.15, 0.2) is 0 Å². The van der Waals surface area contributed by atoms with Crippen molar-refractivity contribution in [2.75, 3.05) is 6.54 Å². The van der Waals surface area contributed by atoms with Crippen LogP contribution in [0.4, 0.5) is 0 Å². The summed E-state index contributed by atoms with van der Waals surface area (Å²) in [5.74, 6) is 0.117. The van der Waals surface area contributed by atoms with Crippen molar-refractivity contribution >= 4 is 5.91 Å². The number of likely N-dealkylation sites (tertiary alicyclic amines) is 1. The highest BCUT2D eigenvalue weighted by Crippen LogP contribution is 2.26. The topological polar surface area (TPSA) is 60.8 Å². The molecule has 0 aromatic heterocycles. The fraction of sp³-hybridized carbons (Fsp3) is 0.818. The zero-order valence-corrected chi connectivity index (χ0v) is 9.44. The molecule has 87 valence electrons. The Balaban J connectivity index is 2.57. The van der Waals surface area contributed by atoms with Gasteiger partial charge >= 0.3 is 0 Å². The van der Waals surface area contributed by atoms with Gasteiger partial charge in [0.2, 0.25) is 5.91 Å². The van der Waals surface area contributed by atoms with Crippen molar-refractivity contribution in [1.82, 2.24) is 4.90 Å². The lowest BCUT2D eigenvalue weighted by molar-refractivity contribution is -0.127. The van der Waals surface area contributed by atoms with Crippen LogP contribution in [0.5, 0.6) is 0 Å². The Hall–Kier alpha value is -0.610. The van der Waals surface area contributed by atoms with E-state index in [1.54, 1.807) is 18.7 Å². The molecule has 4 heteroatoms. The van der Waals surface area contributed by atoms with Crippen LogP contribution >= 0.6 is 0 Å². The number of rotatable bonds is 5. The molecular weight excluding hydrogens is 194 g/mol. The van der Waals surface area contributed by atoms with Gasteiger partial charge in [-0.05, 0) is 33.1 Å². The molecule has 1 radical (unpaired) electrons. The third-order valence-electron chi connectivity index (χ3n) is 2.52. The number of hydrogen-bond acceptors (Lipinski definition) is 3. The van der Waals surface area contributed by atoms with Gasteiger partial charge in [0, 0.05) is 13.0 Å². The Bertz CT molecular complexity index is 206. The van der Waals surface area contributed by atoms with E-state index < -0.39 is 12.2 Å². The van der Waals surface area contributed by atoms with E-state index >= 15 is 0 Å². The highest BCUT2D eigenvalue weighted by Gasteiger charge is 2.30. The summed E-state index contributed by atoms with van der Waals surface area (Å²) in [6.45, 7) is 4.12. The minimum absolute atomic E-state index is 0.117. The summed E-state index contributed by atoms with van der Waals surface area (Å²) in [7, 11) is 0. The summed E-state index contributed by atoms with van der Waals surface area (Å²) in [4.78, 5) is 13.2. The maximum atomic E-state index is 11.5. The molecule has 1 rings (SSSR count). The standard InChI is InChI=1S/C11H20NO3/c1-8(13)6-10(7-9(2)14)12-5-3-4-11(12)15/h8-9,13-14H,3-7H2,1-2H3. The molecule has 2 unspecified atom stereocenters. The van der Waals surface area contributed by atoms with Gasteiger partial charge in [-0.1, -0.05) is 0 Å². The van der Waals surface area contributed by atoms with E-state index in [0.717, 1.165) is 19.0 Å². The molecule has 2 atom stereocenters. The minimum Gasteiger partial charge on any atom is -0.393 e. The maximum absolute atomic E-state index is 11.5. The molecule has 15 heavy (non-hydrogen) atoms. The first-order valence-electron chi connectivity index (χ1n) is 5.52. The number of carbonyl (C=O) groups is 1. The average molecular weight is 214 g/mol. The van der Waals surface area contributed by atoms with Gasteiger partial charge in [-0.25, -0.2) is 0 Å². The van der Waals surface area contributed by atoms with Crippen molar-refractivity contribution in [2.24, 2.45) is 0 Å². The molecule has 1 heterocycles. The van der Waals surface area contributed by atoms with Crippen LogP contribution in [0.15, 0.2) is 0 Å². The minimum atomic E-state index is -0.466. The van der Waals surface area contributed by atoms with Gasteiger partial charge in [-0.3, -0.25) is 4.79 Å². The summed E-state index contributed by atoms with van der Waals surface area (Å²) < 4.78 is 0. The van der Waals surface area contributed by atoms with Crippen LogP contribution < -0.4 is 0 Å². The lowest BCUT2D eigenvalue weighted by atomic mass is 10.0. The van der Waals surface area contributed by atoms with Crippen LogP contribution in [0, 0.1) is 6.04 Å². The van der Waals surface area contributed by atoms with Crippen LogP contribution in [0.25, 0.3) is 0 Å². The molecule has 1 aliphatic heterocycles. The number of amides is 1. The van der Waals surface area contributed by atoms with Gasteiger partial charge in [-0.2, -0.15) is 0 Å². The first-order chi connectivity index (χ1) is 7.00. The van der Waals surface area contributed by atoms with Crippen molar-refractivity contribution in [3.8, 4) is 0 Å². The Kier molecular flexibility index (Phi) is 4.54. The molecule has 1 saturated heterocycles. The summed E-state index contributed by atoms with van der Waals surface area (Å²) in [6.07, 6.45) is 1.47. The van der Waals surface area contributed by atoms with Crippen LogP contribution in [0.2, 0.25) is 0 Å². The molecule has 1 fully saturated rings. The molecule has 1 amide bonds. The monoisotopic (exact) mass is 214 g/mol. The lowest BCUT2D eigenvalue weighted by Crippen LogP contribution is -2.33. The van der Waals surface area contributed by atoms with Crippen molar-refractivity contribution in [2.45, 2.75) is 51.7 Å². The van der Waals surface area contributed by atoms with E-state index in [-0.39, 0.29) is 5.91 Å². The summed E-state index contributed by atoms with van der Waals surface area (Å²) in [6, 6.07) is 0.863. The van der Waals surface area contributed by atoms with Crippen molar-refractivity contribution < 1.29 is 15.0 Å². The number of aliphatic hydroxyl groups is 2. The fourth-order valence-electron chi connectivity index (χ4n) is 1.97. The Morgan fingerprint density at radius 2 is 1.87 bits per heavy atom. The highest BCUT2D eigenvalue weighted by atomic mass is 16.3. The van der Waals surface area contributed by atoms with E-state index in [4.69, 9.17) is 0 Å². The van der Waals surface area contributed by atoms with E-state index in [1.807, 2.05) is 0 Å². The highest BCUT2D eigenvalue weighted by molar-refractivity contribution is 5.79. The summed E-state index contributed by atoms with van der Waals surface area (Å²) in [5.41, 5.74) is 0. The number of nitrogens with zero attached hydrogens (tertiary/aromatic N) is 1. The van der Waals surface area contributed by atoms with Crippen LogP contribution in [0.1, 0.15) is 39.5 Å². The van der Waals surface area contributed by atoms with E-state index in [0.29, 0.717) is 19.3 Å². The zero-order chi connectivity index (χ0) is 11.4. The smallest absolute Gasteiger partial charge is 0.223 e. The van der Waals surface area contributed by atoms with Gasteiger partial charge in [0.25, 0.3) is 0 Å². The summed E-state index contributed by atoms with van der Waals surface area (Å²) >= 11 is 0. The van der Waals surface area contributed by atoms with Crippen LogP contribution in [-0.2, 0) is 4.79 Å². The molecule has 0 aromatic rings. The van der Waals surface area contributed by atoms with Gasteiger partial charge in [0.1, 0.15) is 0 Å². The molecule has 4 nitrogen and oxygen atoms in total. The Labute approximate surface area is 90.9 Å². The third kappa shape index (κ3) is 3.80. The molecule has 0 bridgehead atoms. The quantitative estimate of drug-likeness (QED) is 0.707. The largest absolute Gasteiger partial charge is 0.393 e.